The van der Waals surface area contributed by atoms with Crippen LogP contribution in [0.1, 0.15) is 61.4 Å². The molecule has 1 unspecified atom stereocenters. The van der Waals surface area contributed by atoms with Gasteiger partial charge in [0.1, 0.15) is 6.04 Å². The van der Waals surface area contributed by atoms with Gasteiger partial charge in [0, 0.05) is 16.9 Å². The first-order valence-corrected chi connectivity index (χ1v) is 14.4. The standard InChI is InChI=1S/C32H34BrN3O3/c1-3-39-31(37)30(27-7-5-4-6-8-27)34-19-17-26(18-20-34)25-11-15-29(16-12-25)36-22-21-35(32(36)38)23(2)24-9-13-28(33)14-10-24/h4-16,21-23,26,30H,3,17-20H2,1-2H3/t23-,30?/m0/s1. The summed E-state index contributed by atoms with van der Waals surface area (Å²) in [6.45, 7) is 5.90. The zero-order valence-electron chi connectivity index (χ0n) is 22.4. The van der Waals surface area contributed by atoms with Crippen molar-refractivity contribution in [1.29, 1.82) is 0 Å². The third-order valence-corrected chi connectivity index (χ3v) is 8.26. The van der Waals surface area contributed by atoms with Gasteiger partial charge in [-0.15, -0.1) is 0 Å². The van der Waals surface area contributed by atoms with Crippen molar-refractivity contribution >= 4 is 21.9 Å². The molecule has 1 aliphatic heterocycles. The molecule has 7 heteroatoms. The van der Waals surface area contributed by atoms with Gasteiger partial charge in [-0.1, -0.05) is 70.5 Å². The minimum atomic E-state index is -0.370. The fraction of sp³-hybridized carbons (Fsp3) is 0.312. The van der Waals surface area contributed by atoms with Crippen molar-refractivity contribution in [2.45, 2.75) is 44.7 Å². The lowest BCUT2D eigenvalue weighted by molar-refractivity contribution is -0.150. The maximum Gasteiger partial charge on any atom is 0.333 e. The smallest absolute Gasteiger partial charge is 0.333 e. The van der Waals surface area contributed by atoms with E-state index in [0.29, 0.717) is 12.5 Å². The number of piperidine rings is 1. The molecule has 202 valence electrons. The molecule has 2 atom stereocenters. The number of halogens is 1. The normalized spacial score (nSPS) is 16.1. The zero-order valence-corrected chi connectivity index (χ0v) is 24.0. The van der Waals surface area contributed by atoms with Crippen molar-refractivity contribution in [3.63, 3.8) is 0 Å². The number of ether oxygens (including phenoxy) is 1. The van der Waals surface area contributed by atoms with Gasteiger partial charge in [-0.2, -0.15) is 0 Å². The first-order valence-electron chi connectivity index (χ1n) is 13.6. The molecule has 1 saturated heterocycles. The summed E-state index contributed by atoms with van der Waals surface area (Å²) in [7, 11) is 0. The lowest BCUT2D eigenvalue weighted by atomic mass is 9.88. The molecule has 1 fully saturated rings. The number of likely N-dealkylation sites (tertiary alicyclic amines) is 1. The first-order chi connectivity index (χ1) is 19.0. The Morgan fingerprint density at radius 1 is 0.923 bits per heavy atom. The molecule has 0 aliphatic carbocycles. The number of hydrogen-bond acceptors (Lipinski definition) is 4. The van der Waals surface area contributed by atoms with E-state index in [9.17, 15) is 9.59 Å². The second-order valence-electron chi connectivity index (χ2n) is 10.1. The van der Waals surface area contributed by atoms with Crippen molar-refractivity contribution in [2.24, 2.45) is 0 Å². The van der Waals surface area contributed by atoms with Crippen LogP contribution in [0.3, 0.4) is 0 Å². The Morgan fingerprint density at radius 2 is 1.59 bits per heavy atom. The Labute approximate surface area is 238 Å². The number of rotatable bonds is 8. The fourth-order valence-electron chi connectivity index (χ4n) is 5.53. The van der Waals surface area contributed by atoms with Crippen molar-refractivity contribution in [3.05, 3.63) is 123 Å². The summed E-state index contributed by atoms with van der Waals surface area (Å²) in [6.07, 6.45) is 5.61. The largest absolute Gasteiger partial charge is 0.465 e. The maximum absolute atomic E-state index is 13.2. The van der Waals surface area contributed by atoms with Crippen molar-refractivity contribution in [3.8, 4) is 5.69 Å². The number of imidazole rings is 1. The van der Waals surface area contributed by atoms with Crippen LogP contribution >= 0.6 is 15.9 Å². The van der Waals surface area contributed by atoms with Gasteiger partial charge in [0.05, 0.1) is 18.3 Å². The molecule has 3 aromatic carbocycles. The van der Waals surface area contributed by atoms with Crippen LogP contribution in [0.2, 0.25) is 0 Å². The van der Waals surface area contributed by atoms with E-state index in [4.69, 9.17) is 4.74 Å². The molecule has 0 amide bonds. The third kappa shape index (κ3) is 5.94. The van der Waals surface area contributed by atoms with Gasteiger partial charge in [-0.25, -0.2) is 9.59 Å². The molecule has 0 saturated carbocycles. The van der Waals surface area contributed by atoms with Crippen LogP contribution in [0.15, 0.2) is 101 Å². The molecule has 2 heterocycles. The highest BCUT2D eigenvalue weighted by Crippen LogP contribution is 2.33. The van der Waals surface area contributed by atoms with E-state index in [0.717, 1.165) is 47.2 Å². The van der Waals surface area contributed by atoms with Crippen molar-refractivity contribution < 1.29 is 9.53 Å². The Balaban J connectivity index is 1.27. The van der Waals surface area contributed by atoms with E-state index in [2.05, 4.69) is 33.0 Å². The van der Waals surface area contributed by atoms with Gasteiger partial charge in [0.25, 0.3) is 0 Å². The number of nitrogens with zero attached hydrogens (tertiary/aromatic N) is 3. The highest BCUT2D eigenvalue weighted by atomic mass is 79.9. The lowest BCUT2D eigenvalue weighted by Crippen LogP contribution is -2.40. The summed E-state index contributed by atoms with van der Waals surface area (Å²) < 4.78 is 9.90. The van der Waals surface area contributed by atoms with Crippen LogP contribution in [-0.4, -0.2) is 39.7 Å². The van der Waals surface area contributed by atoms with Gasteiger partial charge >= 0.3 is 11.7 Å². The van der Waals surface area contributed by atoms with Crippen LogP contribution < -0.4 is 5.69 Å². The molecule has 0 bridgehead atoms. The van der Waals surface area contributed by atoms with Crippen LogP contribution in [0.4, 0.5) is 0 Å². The number of carbonyl (C=O) groups is 1. The molecule has 1 aromatic heterocycles. The maximum atomic E-state index is 13.2. The van der Waals surface area contributed by atoms with Crippen molar-refractivity contribution in [1.82, 2.24) is 14.0 Å². The van der Waals surface area contributed by atoms with Crippen LogP contribution in [0.25, 0.3) is 5.69 Å². The predicted octanol–water partition coefficient (Wildman–Crippen LogP) is 6.49. The Bertz CT molecular complexity index is 1440. The average molecular weight is 589 g/mol. The van der Waals surface area contributed by atoms with E-state index in [-0.39, 0.29) is 23.7 Å². The van der Waals surface area contributed by atoms with E-state index < -0.39 is 0 Å². The molecule has 1 aliphatic rings. The van der Waals surface area contributed by atoms with Gasteiger partial charge in [-0.3, -0.25) is 14.0 Å². The molecule has 0 N–H and O–H groups in total. The second kappa shape index (κ2) is 12.2. The van der Waals surface area contributed by atoms with Gasteiger partial charge < -0.3 is 4.74 Å². The van der Waals surface area contributed by atoms with Gasteiger partial charge in [-0.05, 0) is 86.7 Å². The van der Waals surface area contributed by atoms with Gasteiger partial charge in [0.15, 0.2) is 0 Å². The summed E-state index contributed by atoms with van der Waals surface area (Å²) in [6, 6.07) is 25.9. The Morgan fingerprint density at radius 3 is 2.23 bits per heavy atom. The second-order valence-corrected chi connectivity index (χ2v) is 11.0. The monoisotopic (exact) mass is 587 g/mol. The molecule has 0 spiro atoms. The van der Waals surface area contributed by atoms with E-state index in [1.165, 1.54) is 5.56 Å². The summed E-state index contributed by atoms with van der Waals surface area (Å²) in [4.78, 5) is 28.3. The number of hydrogen-bond donors (Lipinski definition) is 0. The minimum Gasteiger partial charge on any atom is -0.465 e. The summed E-state index contributed by atoms with van der Waals surface area (Å²) >= 11 is 3.47. The average Bonchev–Trinajstić information content (AvgIpc) is 3.35. The topological polar surface area (TPSA) is 56.5 Å². The number of esters is 1. The predicted molar refractivity (Wildman–Crippen MR) is 157 cm³/mol. The summed E-state index contributed by atoms with van der Waals surface area (Å²) in [5, 5.41) is 0. The van der Waals surface area contributed by atoms with Crippen molar-refractivity contribution in [2.75, 3.05) is 19.7 Å². The lowest BCUT2D eigenvalue weighted by Gasteiger charge is -2.36. The zero-order chi connectivity index (χ0) is 27.4. The third-order valence-electron chi connectivity index (χ3n) is 7.74. The molecular weight excluding hydrogens is 554 g/mol. The minimum absolute atomic E-state index is 0.0580. The highest BCUT2D eigenvalue weighted by Gasteiger charge is 2.32. The molecule has 6 nitrogen and oxygen atoms in total. The molecule has 39 heavy (non-hydrogen) atoms. The van der Waals surface area contributed by atoms with Crippen LogP contribution in [0, 0.1) is 0 Å². The number of carbonyl (C=O) groups excluding carboxylic acids is 1. The fourth-order valence-corrected chi connectivity index (χ4v) is 5.80. The number of aromatic nitrogens is 2. The quantitative estimate of drug-likeness (QED) is 0.221. The summed E-state index contributed by atoms with van der Waals surface area (Å²) in [5.74, 6) is 0.228. The van der Waals surface area contributed by atoms with E-state index >= 15 is 0 Å². The first kappa shape index (κ1) is 27.2. The Kier molecular flexibility index (Phi) is 8.48. The van der Waals surface area contributed by atoms with Crippen LogP contribution in [0.5, 0.6) is 0 Å². The van der Waals surface area contributed by atoms with Gasteiger partial charge in [0.2, 0.25) is 0 Å². The van der Waals surface area contributed by atoms with E-state index in [1.807, 2.05) is 93.0 Å². The highest BCUT2D eigenvalue weighted by molar-refractivity contribution is 9.10. The Hall–Kier alpha value is -3.42. The molecule has 0 radical (unpaired) electrons. The number of benzene rings is 3. The molecule has 5 rings (SSSR count). The summed E-state index contributed by atoms with van der Waals surface area (Å²) in [5.41, 5.74) is 4.12. The molecule has 4 aromatic rings. The van der Waals surface area contributed by atoms with Crippen LogP contribution in [-0.2, 0) is 9.53 Å². The molecular formula is C32H34BrN3O3. The SMILES string of the molecule is CCOC(=O)C(c1ccccc1)N1CCC(c2ccc(-n3ccn([C@@H](C)c4ccc(Br)cc4)c3=O)cc2)CC1. The van der Waals surface area contributed by atoms with E-state index in [1.54, 1.807) is 9.13 Å².